The van der Waals surface area contributed by atoms with Gasteiger partial charge in [0.05, 0.1) is 16.4 Å². The summed E-state index contributed by atoms with van der Waals surface area (Å²) in [7, 11) is 0. The molecule has 3 aromatic rings. The van der Waals surface area contributed by atoms with Crippen molar-refractivity contribution in [2.75, 3.05) is 0 Å². The first-order valence-electron chi connectivity index (χ1n) is 8.96. The molecule has 0 aliphatic carbocycles. The van der Waals surface area contributed by atoms with E-state index in [1.54, 1.807) is 36.4 Å². The van der Waals surface area contributed by atoms with Gasteiger partial charge in [-0.25, -0.2) is 0 Å². The smallest absolute Gasteiger partial charge is 0.293 e. The third-order valence-electron chi connectivity index (χ3n) is 4.54. The first kappa shape index (κ1) is 22.4. The van der Waals surface area contributed by atoms with E-state index in [2.05, 4.69) is 0 Å². The van der Waals surface area contributed by atoms with E-state index in [9.17, 15) is 19.7 Å². The number of hydrogen-bond donors (Lipinski definition) is 0. The molecule has 7 nitrogen and oxygen atoms in total. The maximum Gasteiger partial charge on any atom is 0.293 e. The summed E-state index contributed by atoms with van der Waals surface area (Å²) < 4.78 is 5.70. The predicted molar refractivity (Wildman–Crippen MR) is 124 cm³/mol. The van der Waals surface area contributed by atoms with Crippen molar-refractivity contribution in [2.45, 2.75) is 6.54 Å². The highest BCUT2D eigenvalue weighted by Gasteiger charge is 2.35. The molecule has 1 aromatic heterocycles. The van der Waals surface area contributed by atoms with Crippen LogP contribution >= 0.6 is 46.6 Å². The third kappa shape index (κ3) is 4.54. The number of hydrogen-bond acceptors (Lipinski definition) is 6. The molecular formula is C21H11Cl3N2O5S. The van der Waals surface area contributed by atoms with Crippen LogP contribution in [0.2, 0.25) is 15.1 Å². The largest absolute Gasteiger partial charge is 0.457 e. The van der Waals surface area contributed by atoms with Crippen LogP contribution in [0.4, 0.5) is 10.5 Å². The monoisotopic (exact) mass is 508 g/mol. The lowest BCUT2D eigenvalue weighted by atomic mass is 10.1. The molecule has 1 fully saturated rings. The predicted octanol–water partition coefficient (Wildman–Crippen LogP) is 7.05. The number of nitro benzene ring substituents is 1. The van der Waals surface area contributed by atoms with Gasteiger partial charge in [-0.05, 0) is 53.7 Å². The molecule has 32 heavy (non-hydrogen) atoms. The quantitative estimate of drug-likeness (QED) is 0.208. The first-order valence-corrected chi connectivity index (χ1v) is 10.9. The normalized spacial score (nSPS) is 15.1. The minimum absolute atomic E-state index is 0.00978. The van der Waals surface area contributed by atoms with Crippen molar-refractivity contribution in [2.24, 2.45) is 0 Å². The molecule has 4 rings (SSSR count). The Morgan fingerprint density at radius 1 is 1.03 bits per heavy atom. The lowest BCUT2D eigenvalue weighted by Gasteiger charge is -2.13. The number of imide groups is 1. The lowest BCUT2D eigenvalue weighted by molar-refractivity contribution is -0.384. The topological polar surface area (TPSA) is 93.7 Å². The van der Waals surface area contributed by atoms with Gasteiger partial charge < -0.3 is 4.42 Å². The van der Waals surface area contributed by atoms with Crippen LogP contribution in [-0.2, 0) is 11.3 Å². The number of rotatable bonds is 5. The molecule has 1 aliphatic heterocycles. The first-order chi connectivity index (χ1) is 15.2. The molecule has 0 N–H and O–H groups in total. The van der Waals surface area contributed by atoms with E-state index >= 15 is 0 Å². The van der Waals surface area contributed by atoms with E-state index in [1.807, 2.05) is 0 Å². The van der Waals surface area contributed by atoms with Crippen molar-refractivity contribution >= 4 is 69.5 Å². The van der Waals surface area contributed by atoms with Crippen LogP contribution in [0.15, 0.2) is 57.9 Å². The molecule has 1 aliphatic rings. The zero-order chi connectivity index (χ0) is 23.0. The number of amides is 2. The SMILES string of the molecule is O=C1S/C(=C/c2ccc(-c3ccc(Cl)c([N+](=O)[O-])c3)o2)C(=O)N1Cc1ccc(Cl)cc1Cl. The highest BCUT2D eigenvalue weighted by molar-refractivity contribution is 8.18. The summed E-state index contributed by atoms with van der Waals surface area (Å²) in [5, 5.41) is 11.5. The molecule has 2 heterocycles. The maximum absolute atomic E-state index is 12.8. The fourth-order valence-electron chi connectivity index (χ4n) is 2.98. The molecule has 1 saturated heterocycles. The van der Waals surface area contributed by atoms with Gasteiger partial charge in [-0.1, -0.05) is 40.9 Å². The van der Waals surface area contributed by atoms with E-state index in [1.165, 1.54) is 18.2 Å². The van der Waals surface area contributed by atoms with Crippen LogP contribution in [-0.4, -0.2) is 21.0 Å². The Kier molecular flexibility index (Phi) is 6.30. The molecule has 0 atom stereocenters. The highest BCUT2D eigenvalue weighted by Crippen LogP contribution is 2.36. The van der Waals surface area contributed by atoms with Gasteiger partial charge in [0.25, 0.3) is 16.8 Å². The van der Waals surface area contributed by atoms with Crippen LogP contribution in [0.3, 0.4) is 0 Å². The number of halogens is 3. The van der Waals surface area contributed by atoms with Crippen LogP contribution in [0.5, 0.6) is 0 Å². The number of carbonyl (C=O) groups excluding carboxylic acids is 2. The standard InChI is InChI=1S/C21H11Cl3N2O5S/c22-13-3-1-12(16(24)8-13)10-25-20(27)19(32-21(25)28)9-14-4-6-18(31-14)11-2-5-15(23)17(7-11)26(29)30/h1-9H,10H2/b19-9+. The molecular weight excluding hydrogens is 499 g/mol. The second-order valence-electron chi connectivity index (χ2n) is 6.63. The Morgan fingerprint density at radius 2 is 1.81 bits per heavy atom. The fourth-order valence-corrected chi connectivity index (χ4v) is 4.45. The minimum Gasteiger partial charge on any atom is -0.457 e. The molecule has 0 unspecified atom stereocenters. The van der Waals surface area contributed by atoms with Crippen LogP contribution in [0.1, 0.15) is 11.3 Å². The van der Waals surface area contributed by atoms with Gasteiger partial charge >= 0.3 is 0 Å². The Bertz CT molecular complexity index is 1300. The summed E-state index contributed by atoms with van der Waals surface area (Å²) >= 11 is 18.7. The van der Waals surface area contributed by atoms with Gasteiger partial charge in [-0.2, -0.15) is 0 Å². The molecule has 11 heteroatoms. The number of carbonyl (C=O) groups is 2. The summed E-state index contributed by atoms with van der Waals surface area (Å²) in [5.41, 5.74) is 0.791. The summed E-state index contributed by atoms with van der Waals surface area (Å²) in [6.07, 6.45) is 1.45. The van der Waals surface area contributed by atoms with Gasteiger partial charge in [0, 0.05) is 27.8 Å². The Morgan fingerprint density at radius 3 is 2.53 bits per heavy atom. The van der Waals surface area contributed by atoms with Crippen molar-refractivity contribution in [3.8, 4) is 11.3 Å². The van der Waals surface area contributed by atoms with E-state index < -0.39 is 16.1 Å². The zero-order valence-electron chi connectivity index (χ0n) is 15.9. The molecule has 0 radical (unpaired) electrons. The molecule has 0 spiro atoms. The van der Waals surface area contributed by atoms with E-state index in [-0.39, 0.29) is 22.2 Å². The number of furan rings is 1. The number of benzene rings is 2. The number of nitrogens with zero attached hydrogens (tertiary/aromatic N) is 2. The van der Waals surface area contributed by atoms with Crippen LogP contribution in [0, 0.1) is 10.1 Å². The van der Waals surface area contributed by atoms with Crippen LogP contribution in [0.25, 0.3) is 17.4 Å². The Hall–Kier alpha value is -2.78. The van der Waals surface area contributed by atoms with Crippen molar-refractivity contribution in [3.05, 3.63) is 89.9 Å². The molecule has 162 valence electrons. The zero-order valence-corrected chi connectivity index (χ0v) is 19.0. The molecule has 0 bridgehead atoms. The molecule has 0 saturated carbocycles. The van der Waals surface area contributed by atoms with Gasteiger partial charge in [-0.15, -0.1) is 0 Å². The Balaban J connectivity index is 1.56. The summed E-state index contributed by atoms with van der Waals surface area (Å²) in [6, 6.07) is 12.3. The summed E-state index contributed by atoms with van der Waals surface area (Å²) in [4.78, 5) is 36.9. The van der Waals surface area contributed by atoms with Crippen LogP contribution < -0.4 is 0 Å². The second kappa shape index (κ2) is 8.99. The Labute approximate surface area is 200 Å². The summed E-state index contributed by atoms with van der Waals surface area (Å²) in [5.74, 6) is 0.182. The maximum atomic E-state index is 12.8. The molecule has 2 aromatic carbocycles. The number of nitro groups is 1. The minimum atomic E-state index is -0.585. The van der Waals surface area contributed by atoms with Crippen molar-refractivity contribution in [3.63, 3.8) is 0 Å². The number of thioether (sulfide) groups is 1. The van der Waals surface area contributed by atoms with Crippen molar-refractivity contribution < 1.29 is 18.9 Å². The second-order valence-corrected chi connectivity index (χ2v) is 8.87. The third-order valence-corrected chi connectivity index (χ3v) is 6.36. The highest BCUT2D eigenvalue weighted by atomic mass is 35.5. The van der Waals surface area contributed by atoms with Gasteiger partial charge in [0.1, 0.15) is 16.5 Å². The van der Waals surface area contributed by atoms with E-state index in [0.29, 0.717) is 32.7 Å². The fraction of sp³-hybridized carbons (Fsp3) is 0.0476. The van der Waals surface area contributed by atoms with Gasteiger partial charge in [0.15, 0.2) is 0 Å². The lowest BCUT2D eigenvalue weighted by Crippen LogP contribution is -2.27. The molecule has 2 amide bonds. The van der Waals surface area contributed by atoms with E-state index in [4.69, 9.17) is 39.2 Å². The average Bonchev–Trinajstić information content (AvgIpc) is 3.30. The van der Waals surface area contributed by atoms with Gasteiger partial charge in [-0.3, -0.25) is 24.6 Å². The van der Waals surface area contributed by atoms with E-state index in [0.717, 1.165) is 16.7 Å². The van der Waals surface area contributed by atoms with Crippen molar-refractivity contribution in [1.82, 2.24) is 4.90 Å². The summed E-state index contributed by atoms with van der Waals surface area (Å²) in [6.45, 7) is 0.00978. The van der Waals surface area contributed by atoms with Crippen molar-refractivity contribution in [1.29, 1.82) is 0 Å². The van der Waals surface area contributed by atoms with Gasteiger partial charge in [0.2, 0.25) is 0 Å². The average molecular weight is 510 g/mol.